The van der Waals surface area contributed by atoms with Crippen LogP contribution in [0.25, 0.3) is 21.9 Å². The van der Waals surface area contributed by atoms with Crippen LogP contribution >= 0.6 is 22.7 Å². The fourth-order valence-corrected chi connectivity index (χ4v) is 8.83. The maximum atomic E-state index is 14.2. The lowest BCUT2D eigenvalue weighted by Gasteiger charge is -2.44. The third-order valence-corrected chi connectivity index (χ3v) is 11.0. The minimum absolute atomic E-state index is 0.0107. The Morgan fingerprint density at radius 1 is 0.977 bits per heavy atom. The number of carbonyl (C=O) groups excluding carboxylic acids is 1. The summed E-state index contributed by atoms with van der Waals surface area (Å²) in [5.41, 5.74) is 7.02. The lowest BCUT2D eigenvalue weighted by molar-refractivity contribution is 0.0768. The SMILES string of the molecule is CC#Cc1ccc(-c2ccc(C(=O)C3CCC(C(Cc4cc(O)cc(O)c4)NC(N)=NC)C4C=c5ccccc5=CC34)s2)s1. The highest BCUT2D eigenvalue weighted by Gasteiger charge is 2.44. The summed E-state index contributed by atoms with van der Waals surface area (Å²) in [6.45, 7) is 1.84. The number of ketones is 1. The molecule has 0 radical (unpaired) electrons. The zero-order valence-corrected chi connectivity index (χ0v) is 26.3. The molecule has 2 aliphatic rings. The number of thiophene rings is 2. The summed E-state index contributed by atoms with van der Waals surface area (Å²) in [5.74, 6) is 6.70. The molecule has 0 saturated heterocycles. The molecular weight excluding hydrogens is 587 g/mol. The molecule has 1 saturated carbocycles. The molecule has 2 heterocycles. The number of aliphatic imine (C=N–C) groups is 1. The van der Waals surface area contributed by atoms with Gasteiger partial charge in [-0.2, -0.15) is 0 Å². The van der Waals surface area contributed by atoms with Gasteiger partial charge in [-0.3, -0.25) is 9.79 Å². The van der Waals surface area contributed by atoms with Crippen LogP contribution in [0.15, 0.2) is 71.7 Å². The number of phenols is 2. The lowest BCUT2D eigenvalue weighted by Crippen LogP contribution is -2.52. The highest BCUT2D eigenvalue weighted by atomic mass is 32.1. The predicted molar refractivity (Wildman–Crippen MR) is 180 cm³/mol. The van der Waals surface area contributed by atoms with Crippen LogP contribution in [-0.2, 0) is 6.42 Å². The van der Waals surface area contributed by atoms with E-state index in [4.69, 9.17) is 5.73 Å². The van der Waals surface area contributed by atoms with Crippen LogP contribution < -0.4 is 21.5 Å². The van der Waals surface area contributed by atoms with E-state index >= 15 is 0 Å². The number of fused-ring (bicyclic) bond motifs is 2. The molecule has 5 unspecified atom stereocenters. The molecule has 224 valence electrons. The molecule has 0 aliphatic heterocycles. The summed E-state index contributed by atoms with van der Waals surface area (Å²) in [7, 11) is 1.65. The van der Waals surface area contributed by atoms with Crippen molar-refractivity contribution in [3.8, 4) is 33.1 Å². The maximum absolute atomic E-state index is 14.2. The van der Waals surface area contributed by atoms with E-state index in [1.54, 1.807) is 41.9 Å². The smallest absolute Gasteiger partial charge is 0.188 e. The van der Waals surface area contributed by atoms with Crippen molar-refractivity contribution in [2.24, 2.45) is 34.4 Å². The number of benzene rings is 2. The van der Waals surface area contributed by atoms with E-state index < -0.39 is 0 Å². The van der Waals surface area contributed by atoms with E-state index in [1.165, 1.54) is 11.3 Å². The van der Waals surface area contributed by atoms with Gasteiger partial charge < -0.3 is 21.3 Å². The normalized spacial score (nSPS) is 21.5. The minimum Gasteiger partial charge on any atom is -0.508 e. The highest BCUT2D eigenvalue weighted by Crippen LogP contribution is 2.46. The highest BCUT2D eigenvalue weighted by molar-refractivity contribution is 7.23. The predicted octanol–water partition coefficient (Wildman–Crippen LogP) is 5.12. The van der Waals surface area contributed by atoms with Crippen molar-refractivity contribution < 1.29 is 15.0 Å². The molecule has 6 nitrogen and oxygen atoms in total. The number of nitrogens with two attached hydrogens (primary N) is 1. The number of hydrogen-bond donors (Lipinski definition) is 4. The Morgan fingerprint density at radius 2 is 1.66 bits per heavy atom. The Hall–Kier alpha value is -4.32. The Balaban J connectivity index is 1.34. The quantitative estimate of drug-likeness (QED) is 0.0992. The fourth-order valence-electron chi connectivity index (χ4n) is 6.82. The Kier molecular flexibility index (Phi) is 8.60. The summed E-state index contributed by atoms with van der Waals surface area (Å²) in [4.78, 5) is 22.4. The number of hydrogen-bond acceptors (Lipinski definition) is 6. The first-order chi connectivity index (χ1) is 21.3. The molecule has 2 aromatic carbocycles. The second-order valence-electron chi connectivity index (χ2n) is 11.5. The van der Waals surface area contributed by atoms with E-state index in [0.29, 0.717) is 12.4 Å². The summed E-state index contributed by atoms with van der Waals surface area (Å²) in [5, 5.41) is 26.1. The van der Waals surface area contributed by atoms with Gasteiger partial charge >= 0.3 is 0 Å². The molecule has 0 spiro atoms. The molecule has 0 amide bonds. The number of nitrogens with one attached hydrogen (secondary N) is 1. The third-order valence-electron chi connectivity index (χ3n) is 8.75. The van der Waals surface area contributed by atoms with Gasteiger partial charge in [-0.1, -0.05) is 42.3 Å². The van der Waals surface area contributed by atoms with Crippen LogP contribution in [0.4, 0.5) is 0 Å². The zero-order valence-electron chi connectivity index (χ0n) is 24.7. The van der Waals surface area contributed by atoms with Crippen molar-refractivity contribution in [1.29, 1.82) is 0 Å². The minimum atomic E-state index is -0.153. The van der Waals surface area contributed by atoms with E-state index in [0.717, 1.165) is 43.1 Å². The number of nitrogens with zero attached hydrogens (tertiary/aromatic N) is 1. The molecule has 1 fully saturated rings. The first-order valence-electron chi connectivity index (χ1n) is 14.8. The second kappa shape index (κ2) is 12.7. The van der Waals surface area contributed by atoms with Gasteiger partial charge in [0.15, 0.2) is 11.7 Å². The topological polar surface area (TPSA) is 108 Å². The average Bonchev–Trinajstić information content (AvgIpc) is 3.69. The lowest BCUT2D eigenvalue weighted by atomic mass is 9.61. The molecule has 5 N–H and O–H groups in total. The molecule has 8 heteroatoms. The molecule has 0 bridgehead atoms. The van der Waals surface area contributed by atoms with Gasteiger partial charge in [-0.15, -0.1) is 28.6 Å². The van der Waals surface area contributed by atoms with Crippen LogP contribution in [0.5, 0.6) is 11.5 Å². The Bertz CT molecular complexity index is 1890. The van der Waals surface area contributed by atoms with E-state index in [1.807, 2.05) is 31.2 Å². The van der Waals surface area contributed by atoms with Gasteiger partial charge in [0, 0.05) is 34.8 Å². The molecule has 6 rings (SSSR count). The molecule has 5 atom stereocenters. The van der Waals surface area contributed by atoms with E-state index in [-0.39, 0.29) is 47.0 Å². The number of rotatable bonds is 7. The number of guanidine groups is 1. The summed E-state index contributed by atoms with van der Waals surface area (Å²) in [6, 6.07) is 21.0. The molecule has 2 aromatic heterocycles. The largest absolute Gasteiger partial charge is 0.508 e. The van der Waals surface area contributed by atoms with Crippen LogP contribution in [0.1, 0.15) is 39.9 Å². The van der Waals surface area contributed by atoms with Crippen LogP contribution in [0.2, 0.25) is 0 Å². The maximum Gasteiger partial charge on any atom is 0.188 e. The monoisotopic (exact) mass is 621 g/mol. The van der Waals surface area contributed by atoms with E-state index in [2.05, 4.69) is 58.6 Å². The number of carbonyl (C=O) groups is 1. The zero-order chi connectivity index (χ0) is 30.8. The standard InChI is InChI=1S/C36H35N3O3S2/c1-3-6-26-9-12-32(43-26)33-13-14-34(44-33)35(42)28-11-10-27(29-18-22-7-4-5-8-23(22)19-30(28)29)31(39-36(37)38-2)17-21-15-24(40)20-25(41)16-21/h4-5,7-9,12-16,18-20,27-31,40-41H,10-11,17H2,1-2H3,(H3,37,38,39). The first-order valence-corrected chi connectivity index (χ1v) is 16.4. The summed E-state index contributed by atoms with van der Waals surface area (Å²) < 4.78 is 0. The summed E-state index contributed by atoms with van der Waals surface area (Å²) >= 11 is 3.21. The van der Waals surface area contributed by atoms with Crippen molar-refractivity contribution in [3.63, 3.8) is 0 Å². The van der Waals surface area contributed by atoms with Crippen LogP contribution in [0.3, 0.4) is 0 Å². The third kappa shape index (κ3) is 6.17. The average molecular weight is 622 g/mol. The Labute approximate surface area is 265 Å². The number of phenolic OH excluding ortho intramolecular Hbond substituents is 2. The van der Waals surface area contributed by atoms with Crippen molar-refractivity contribution >= 4 is 46.6 Å². The molecule has 44 heavy (non-hydrogen) atoms. The summed E-state index contributed by atoms with van der Waals surface area (Å²) in [6.07, 6.45) is 6.71. The van der Waals surface area contributed by atoms with Gasteiger partial charge in [-0.25, -0.2) is 0 Å². The number of Topliss-reactive ketones (excluding diaryl/α,β-unsaturated/α-hetero) is 1. The van der Waals surface area contributed by atoms with Crippen LogP contribution in [0, 0.1) is 35.5 Å². The number of aromatic hydroxyl groups is 2. The van der Waals surface area contributed by atoms with Gasteiger partial charge in [0.2, 0.25) is 0 Å². The van der Waals surface area contributed by atoms with Gasteiger partial charge in [0.05, 0.1) is 9.75 Å². The van der Waals surface area contributed by atoms with E-state index in [9.17, 15) is 15.0 Å². The first kappa shape index (κ1) is 29.7. The van der Waals surface area contributed by atoms with Crippen molar-refractivity contribution in [3.05, 3.63) is 92.5 Å². The fraction of sp³-hybridized carbons (Fsp3) is 0.278. The van der Waals surface area contributed by atoms with Crippen molar-refractivity contribution in [1.82, 2.24) is 5.32 Å². The molecule has 2 aliphatic carbocycles. The Morgan fingerprint density at radius 3 is 2.36 bits per heavy atom. The van der Waals surface area contributed by atoms with Gasteiger partial charge in [-0.05, 0) is 96.3 Å². The van der Waals surface area contributed by atoms with Crippen molar-refractivity contribution in [2.75, 3.05) is 7.05 Å². The van der Waals surface area contributed by atoms with Gasteiger partial charge in [0.25, 0.3) is 0 Å². The van der Waals surface area contributed by atoms with Crippen molar-refractivity contribution in [2.45, 2.75) is 32.2 Å². The van der Waals surface area contributed by atoms with Crippen LogP contribution in [-0.4, -0.2) is 35.0 Å². The second-order valence-corrected chi connectivity index (χ2v) is 13.6. The molecular formula is C36H35N3O3S2. The molecule has 4 aromatic rings. The van der Waals surface area contributed by atoms with Gasteiger partial charge in [0.1, 0.15) is 11.5 Å².